The van der Waals surface area contributed by atoms with Gasteiger partial charge < -0.3 is 4.90 Å². The lowest BCUT2D eigenvalue weighted by Crippen LogP contribution is -2.55. The summed E-state index contributed by atoms with van der Waals surface area (Å²) >= 11 is 0. The van der Waals surface area contributed by atoms with Crippen LogP contribution in [-0.4, -0.2) is 37.0 Å². The molecule has 0 radical (unpaired) electrons. The maximum absolute atomic E-state index is 12.5. The molecule has 0 N–H and O–H groups in total. The smallest absolute Gasteiger partial charge is 0.245 e. The number of carbonyl (C=O) groups excluding carboxylic acids is 1. The zero-order valence-corrected chi connectivity index (χ0v) is 11.7. The summed E-state index contributed by atoms with van der Waals surface area (Å²) in [5.74, 6) is 0.0299. The molecular formula is C15H19N3O. The van der Waals surface area contributed by atoms with Crippen molar-refractivity contribution in [3.05, 3.63) is 29.3 Å². The minimum absolute atomic E-state index is 0.0299. The molecule has 1 heterocycles. The number of carbonyl (C=O) groups is 1. The van der Waals surface area contributed by atoms with Crippen molar-refractivity contribution in [3.8, 4) is 6.07 Å². The number of nitriles is 1. The van der Waals surface area contributed by atoms with E-state index in [2.05, 4.69) is 12.1 Å². The van der Waals surface area contributed by atoms with Gasteiger partial charge in [0.25, 0.3) is 0 Å². The fourth-order valence-corrected chi connectivity index (χ4v) is 2.57. The van der Waals surface area contributed by atoms with Crippen LogP contribution in [0.2, 0.25) is 0 Å². The summed E-state index contributed by atoms with van der Waals surface area (Å²) in [7, 11) is 1.90. The molecule has 1 fully saturated rings. The highest BCUT2D eigenvalue weighted by molar-refractivity contribution is 5.98. The molecule has 1 amide bonds. The van der Waals surface area contributed by atoms with Gasteiger partial charge in [-0.2, -0.15) is 5.26 Å². The predicted molar refractivity (Wildman–Crippen MR) is 74.9 cm³/mol. The second-order valence-corrected chi connectivity index (χ2v) is 5.14. The molecule has 1 atom stereocenters. The van der Waals surface area contributed by atoms with Crippen LogP contribution < -0.4 is 4.90 Å². The molecule has 4 heteroatoms. The number of anilines is 1. The Labute approximate surface area is 114 Å². The molecule has 1 aromatic carbocycles. The van der Waals surface area contributed by atoms with Crippen LogP contribution in [0.1, 0.15) is 17.5 Å². The number of hydrogen-bond acceptors (Lipinski definition) is 3. The Morgan fingerprint density at radius 2 is 2.11 bits per heavy atom. The zero-order valence-electron chi connectivity index (χ0n) is 11.7. The lowest BCUT2D eigenvalue weighted by Gasteiger charge is -2.38. The van der Waals surface area contributed by atoms with E-state index in [1.54, 1.807) is 0 Å². The first-order valence-corrected chi connectivity index (χ1v) is 6.50. The molecule has 100 valence electrons. The van der Waals surface area contributed by atoms with Crippen molar-refractivity contribution in [1.29, 1.82) is 5.26 Å². The molecule has 1 saturated heterocycles. The van der Waals surface area contributed by atoms with Crippen LogP contribution in [0.25, 0.3) is 0 Å². The van der Waals surface area contributed by atoms with Gasteiger partial charge in [-0.25, -0.2) is 0 Å². The summed E-state index contributed by atoms with van der Waals surface area (Å²) < 4.78 is 0. The van der Waals surface area contributed by atoms with Crippen LogP contribution in [0.15, 0.2) is 18.2 Å². The largest absolute Gasteiger partial charge is 0.309 e. The summed E-state index contributed by atoms with van der Waals surface area (Å²) in [4.78, 5) is 16.3. The first-order valence-electron chi connectivity index (χ1n) is 6.50. The molecule has 0 aliphatic carbocycles. The molecule has 19 heavy (non-hydrogen) atoms. The first-order chi connectivity index (χ1) is 9.04. The maximum Gasteiger partial charge on any atom is 0.245 e. The van der Waals surface area contributed by atoms with Crippen LogP contribution in [0, 0.1) is 25.2 Å². The molecule has 4 nitrogen and oxygen atoms in total. The molecule has 0 bridgehead atoms. The van der Waals surface area contributed by atoms with Gasteiger partial charge in [-0.1, -0.05) is 17.7 Å². The van der Waals surface area contributed by atoms with E-state index in [0.717, 1.165) is 17.8 Å². The molecule has 1 aliphatic rings. The average Bonchev–Trinajstić information content (AvgIpc) is 2.36. The van der Waals surface area contributed by atoms with E-state index in [-0.39, 0.29) is 18.4 Å². The summed E-state index contributed by atoms with van der Waals surface area (Å²) in [6, 6.07) is 7.89. The highest BCUT2D eigenvalue weighted by Crippen LogP contribution is 2.25. The van der Waals surface area contributed by atoms with Crippen molar-refractivity contribution >= 4 is 11.6 Å². The fourth-order valence-electron chi connectivity index (χ4n) is 2.57. The second-order valence-electron chi connectivity index (χ2n) is 5.14. The highest BCUT2D eigenvalue weighted by Gasteiger charge is 2.33. The van der Waals surface area contributed by atoms with E-state index in [1.807, 2.05) is 42.8 Å². The Morgan fingerprint density at radius 1 is 1.37 bits per heavy atom. The fraction of sp³-hybridized carbons (Fsp3) is 0.467. The summed E-state index contributed by atoms with van der Waals surface area (Å²) in [5, 5.41) is 8.85. The van der Waals surface area contributed by atoms with Gasteiger partial charge in [0.1, 0.15) is 6.04 Å². The molecule has 0 saturated carbocycles. The van der Waals surface area contributed by atoms with E-state index in [9.17, 15) is 4.79 Å². The Kier molecular flexibility index (Phi) is 3.87. The van der Waals surface area contributed by atoms with Gasteiger partial charge in [-0.05, 0) is 32.5 Å². The normalized spacial score (nSPS) is 20.4. The first kappa shape index (κ1) is 13.6. The van der Waals surface area contributed by atoms with Crippen molar-refractivity contribution in [2.24, 2.45) is 0 Å². The zero-order chi connectivity index (χ0) is 14.0. The van der Waals surface area contributed by atoms with E-state index >= 15 is 0 Å². The van der Waals surface area contributed by atoms with Crippen molar-refractivity contribution < 1.29 is 4.79 Å². The Hall–Kier alpha value is -1.86. The second kappa shape index (κ2) is 5.41. The lowest BCUT2D eigenvalue weighted by atomic mass is 10.0. The third-order valence-corrected chi connectivity index (χ3v) is 3.69. The van der Waals surface area contributed by atoms with Gasteiger partial charge in [0, 0.05) is 18.8 Å². The van der Waals surface area contributed by atoms with Crippen LogP contribution >= 0.6 is 0 Å². The number of likely N-dealkylation sites (N-methyl/N-ethyl adjacent to an activating group) is 1. The minimum Gasteiger partial charge on any atom is -0.309 e. The number of aryl methyl sites for hydroxylation is 2. The highest BCUT2D eigenvalue weighted by atomic mass is 16.2. The number of rotatable bonds is 2. The molecule has 0 spiro atoms. The van der Waals surface area contributed by atoms with Crippen LogP contribution in [-0.2, 0) is 4.79 Å². The quantitative estimate of drug-likeness (QED) is 0.812. The van der Waals surface area contributed by atoms with Gasteiger partial charge in [0.2, 0.25) is 5.91 Å². The van der Waals surface area contributed by atoms with Gasteiger partial charge in [0.05, 0.1) is 12.5 Å². The third-order valence-electron chi connectivity index (χ3n) is 3.69. The topological polar surface area (TPSA) is 47.3 Å². The van der Waals surface area contributed by atoms with E-state index < -0.39 is 0 Å². The monoisotopic (exact) mass is 257 g/mol. The molecular weight excluding hydrogens is 238 g/mol. The van der Waals surface area contributed by atoms with E-state index in [4.69, 9.17) is 5.26 Å². The molecule has 2 rings (SSSR count). The maximum atomic E-state index is 12.5. The van der Waals surface area contributed by atoms with Crippen LogP contribution in [0.4, 0.5) is 5.69 Å². The SMILES string of the molecule is Cc1ccc(N2CCN(C)C(CC#N)C2=O)c(C)c1. The van der Waals surface area contributed by atoms with Gasteiger partial charge in [-0.15, -0.1) is 0 Å². The number of benzene rings is 1. The van der Waals surface area contributed by atoms with Gasteiger partial charge in [0.15, 0.2) is 0 Å². The summed E-state index contributed by atoms with van der Waals surface area (Å²) in [6.45, 7) is 5.54. The Balaban J connectivity index is 2.30. The number of hydrogen-bond donors (Lipinski definition) is 0. The number of nitrogens with zero attached hydrogens (tertiary/aromatic N) is 3. The van der Waals surface area contributed by atoms with E-state index in [1.165, 1.54) is 5.56 Å². The lowest BCUT2D eigenvalue weighted by molar-refractivity contribution is -0.125. The predicted octanol–water partition coefficient (Wildman–Crippen LogP) is 1.86. The van der Waals surface area contributed by atoms with Crippen LogP contribution in [0.3, 0.4) is 0 Å². The summed E-state index contributed by atoms with van der Waals surface area (Å²) in [5.41, 5.74) is 3.26. The van der Waals surface area contributed by atoms with Crippen molar-refractivity contribution in [3.63, 3.8) is 0 Å². The molecule has 0 aromatic heterocycles. The average molecular weight is 257 g/mol. The van der Waals surface area contributed by atoms with Crippen molar-refractivity contribution in [2.45, 2.75) is 26.3 Å². The van der Waals surface area contributed by atoms with Crippen LogP contribution in [0.5, 0.6) is 0 Å². The molecule has 1 aromatic rings. The number of amides is 1. The summed E-state index contributed by atoms with van der Waals surface area (Å²) in [6.07, 6.45) is 0.247. The molecule has 1 aliphatic heterocycles. The van der Waals surface area contributed by atoms with Gasteiger partial charge >= 0.3 is 0 Å². The molecule has 1 unspecified atom stereocenters. The van der Waals surface area contributed by atoms with Crippen molar-refractivity contribution in [1.82, 2.24) is 4.90 Å². The Bertz CT molecular complexity index is 533. The van der Waals surface area contributed by atoms with Crippen molar-refractivity contribution in [2.75, 3.05) is 25.0 Å². The third kappa shape index (κ3) is 2.61. The standard InChI is InChI=1S/C15H19N3O/c1-11-4-5-13(12(2)10-11)18-9-8-17(3)14(6-7-16)15(18)19/h4-5,10,14H,6,8-9H2,1-3H3. The minimum atomic E-state index is -0.320. The van der Waals surface area contributed by atoms with Gasteiger partial charge in [-0.3, -0.25) is 9.69 Å². The van der Waals surface area contributed by atoms with E-state index in [0.29, 0.717) is 6.54 Å². The Morgan fingerprint density at radius 3 is 2.74 bits per heavy atom. The number of piperazine rings is 1.